The average Bonchev–Trinajstić information content (AvgIpc) is 2.35. The maximum atomic E-state index is 12.6. The van der Waals surface area contributed by atoms with Crippen molar-refractivity contribution in [3.63, 3.8) is 0 Å². The molecule has 0 spiro atoms. The van der Waals surface area contributed by atoms with E-state index in [-0.39, 0.29) is 0 Å². The number of alkyl halides is 3. The molecule has 1 unspecified atom stereocenters. The van der Waals surface area contributed by atoms with E-state index in [2.05, 4.69) is 6.92 Å². The van der Waals surface area contributed by atoms with Crippen LogP contribution >= 0.6 is 0 Å². The van der Waals surface area contributed by atoms with Crippen LogP contribution in [0.4, 0.5) is 13.2 Å². The lowest BCUT2D eigenvalue weighted by molar-refractivity contribution is -0.137. The van der Waals surface area contributed by atoms with Gasteiger partial charge in [0.05, 0.1) is 11.7 Å². The summed E-state index contributed by atoms with van der Waals surface area (Å²) in [5.41, 5.74) is -0.418. The number of likely N-dealkylation sites (N-methyl/N-ethyl adjacent to an activating group) is 1. The van der Waals surface area contributed by atoms with Gasteiger partial charge in [0, 0.05) is 6.54 Å². The Morgan fingerprint density at radius 1 is 1.32 bits per heavy atom. The molecule has 0 heterocycles. The zero-order valence-electron chi connectivity index (χ0n) is 11.2. The number of hydrogen-bond acceptors (Lipinski definition) is 2. The first-order chi connectivity index (χ1) is 8.84. The molecule has 19 heavy (non-hydrogen) atoms. The van der Waals surface area contributed by atoms with Gasteiger partial charge in [0.25, 0.3) is 0 Å². The van der Waals surface area contributed by atoms with E-state index in [0.29, 0.717) is 12.1 Å². The third-order valence-corrected chi connectivity index (χ3v) is 2.98. The maximum absolute atomic E-state index is 12.6. The summed E-state index contributed by atoms with van der Waals surface area (Å²) in [7, 11) is 1.85. The Labute approximate surface area is 111 Å². The van der Waals surface area contributed by atoms with Gasteiger partial charge in [-0.1, -0.05) is 25.5 Å². The fourth-order valence-corrected chi connectivity index (χ4v) is 1.84. The second-order valence-corrected chi connectivity index (χ2v) is 4.75. The minimum atomic E-state index is -4.37. The first-order valence-corrected chi connectivity index (χ1v) is 6.38. The van der Waals surface area contributed by atoms with E-state index in [9.17, 15) is 18.3 Å². The molecule has 1 atom stereocenters. The quantitative estimate of drug-likeness (QED) is 0.859. The molecule has 1 N–H and O–H groups in total. The van der Waals surface area contributed by atoms with Crippen molar-refractivity contribution in [2.24, 2.45) is 0 Å². The van der Waals surface area contributed by atoms with Gasteiger partial charge in [-0.15, -0.1) is 0 Å². The summed E-state index contributed by atoms with van der Waals surface area (Å²) >= 11 is 0. The summed E-state index contributed by atoms with van der Waals surface area (Å²) in [5.74, 6) is 0. The molecule has 5 heteroatoms. The van der Waals surface area contributed by atoms with E-state index in [1.165, 1.54) is 12.1 Å². The fourth-order valence-electron chi connectivity index (χ4n) is 1.84. The minimum Gasteiger partial charge on any atom is -0.387 e. The number of benzene rings is 1. The van der Waals surface area contributed by atoms with Gasteiger partial charge in [-0.2, -0.15) is 13.2 Å². The lowest BCUT2D eigenvalue weighted by Crippen LogP contribution is -2.25. The predicted molar refractivity (Wildman–Crippen MR) is 68.8 cm³/mol. The van der Waals surface area contributed by atoms with Crippen molar-refractivity contribution >= 4 is 0 Å². The summed E-state index contributed by atoms with van der Waals surface area (Å²) in [4.78, 5) is 1.93. The molecule has 1 rings (SSSR count). The zero-order valence-corrected chi connectivity index (χ0v) is 11.2. The van der Waals surface area contributed by atoms with Crippen molar-refractivity contribution in [1.82, 2.24) is 4.90 Å². The van der Waals surface area contributed by atoms with Crippen molar-refractivity contribution < 1.29 is 18.3 Å². The monoisotopic (exact) mass is 275 g/mol. The molecule has 108 valence electrons. The average molecular weight is 275 g/mol. The summed E-state index contributed by atoms with van der Waals surface area (Å²) in [6.07, 6.45) is -3.22. The van der Waals surface area contributed by atoms with E-state index in [0.717, 1.165) is 31.5 Å². The van der Waals surface area contributed by atoms with Crippen LogP contribution in [0.5, 0.6) is 0 Å². The lowest BCUT2D eigenvalue weighted by Gasteiger charge is -2.21. The van der Waals surface area contributed by atoms with Crippen LogP contribution in [0.2, 0.25) is 0 Å². The number of aliphatic hydroxyl groups excluding tert-OH is 1. The van der Waals surface area contributed by atoms with Crippen LogP contribution in [0, 0.1) is 0 Å². The molecule has 0 aromatic heterocycles. The Hall–Kier alpha value is -1.07. The number of hydrogen-bond donors (Lipinski definition) is 1. The Bertz CT molecular complexity index is 393. The maximum Gasteiger partial charge on any atom is 0.416 e. The van der Waals surface area contributed by atoms with Crippen LogP contribution in [0.15, 0.2) is 24.3 Å². The fraction of sp³-hybridized carbons (Fsp3) is 0.571. The Kier molecular flexibility index (Phi) is 5.82. The molecular weight excluding hydrogens is 255 g/mol. The van der Waals surface area contributed by atoms with Crippen LogP contribution in [-0.2, 0) is 6.18 Å². The van der Waals surface area contributed by atoms with Crippen molar-refractivity contribution in [3.8, 4) is 0 Å². The third-order valence-electron chi connectivity index (χ3n) is 2.98. The van der Waals surface area contributed by atoms with E-state index in [4.69, 9.17) is 0 Å². The van der Waals surface area contributed by atoms with Gasteiger partial charge in [-0.05, 0) is 37.7 Å². The van der Waals surface area contributed by atoms with Crippen LogP contribution in [0.25, 0.3) is 0 Å². The molecule has 0 bridgehead atoms. The largest absolute Gasteiger partial charge is 0.416 e. The van der Waals surface area contributed by atoms with Crippen LogP contribution < -0.4 is 0 Å². The molecule has 0 saturated heterocycles. The SMILES string of the molecule is CCCCN(C)CC(O)c1cccc(C(F)(F)F)c1. The van der Waals surface area contributed by atoms with Crippen LogP contribution in [-0.4, -0.2) is 30.1 Å². The molecule has 2 nitrogen and oxygen atoms in total. The van der Waals surface area contributed by atoms with E-state index >= 15 is 0 Å². The molecule has 1 aromatic rings. The Morgan fingerprint density at radius 3 is 2.58 bits per heavy atom. The third kappa shape index (κ3) is 5.20. The first-order valence-electron chi connectivity index (χ1n) is 6.38. The Morgan fingerprint density at radius 2 is 2.00 bits per heavy atom. The predicted octanol–water partition coefficient (Wildman–Crippen LogP) is 3.47. The van der Waals surface area contributed by atoms with Crippen LogP contribution in [0.3, 0.4) is 0 Å². The van der Waals surface area contributed by atoms with Crippen molar-refractivity contribution in [2.75, 3.05) is 20.1 Å². The van der Waals surface area contributed by atoms with Crippen molar-refractivity contribution in [2.45, 2.75) is 32.0 Å². The molecular formula is C14H20F3NO. The van der Waals surface area contributed by atoms with E-state index in [1.54, 1.807) is 0 Å². The topological polar surface area (TPSA) is 23.5 Å². The first kappa shape index (κ1) is 16.0. The summed E-state index contributed by atoms with van der Waals surface area (Å²) in [6, 6.07) is 4.87. The standard InChI is InChI=1S/C14H20F3NO/c1-3-4-8-18(2)10-13(19)11-6-5-7-12(9-11)14(15,16)17/h5-7,9,13,19H,3-4,8,10H2,1-2H3. The summed E-state index contributed by atoms with van der Waals surface area (Å²) < 4.78 is 37.7. The second kappa shape index (κ2) is 6.91. The van der Waals surface area contributed by atoms with Gasteiger partial charge >= 0.3 is 6.18 Å². The molecule has 0 aliphatic rings. The van der Waals surface area contributed by atoms with E-state index in [1.807, 2.05) is 11.9 Å². The van der Waals surface area contributed by atoms with Gasteiger partial charge < -0.3 is 10.0 Å². The lowest BCUT2D eigenvalue weighted by atomic mass is 10.1. The van der Waals surface area contributed by atoms with Gasteiger partial charge in [-0.3, -0.25) is 0 Å². The number of rotatable bonds is 6. The van der Waals surface area contributed by atoms with Crippen molar-refractivity contribution in [3.05, 3.63) is 35.4 Å². The normalized spacial score (nSPS) is 13.8. The van der Waals surface area contributed by atoms with Gasteiger partial charge in [-0.25, -0.2) is 0 Å². The summed E-state index contributed by atoms with van der Waals surface area (Å²) in [6.45, 7) is 3.23. The molecule has 0 aliphatic carbocycles. The molecule has 0 amide bonds. The molecule has 0 radical (unpaired) electrons. The van der Waals surface area contributed by atoms with Gasteiger partial charge in [0.15, 0.2) is 0 Å². The smallest absolute Gasteiger partial charge is 0.387 e. The zero-order chi connectivity index (χ0) is 14.5. The number of unbranched alkanes of at least 4 members (excludes halogenated alkanes) is 1. The highest BCUT2D eigenvalue weighted by molar-refractivity contribution is 5.27. The minimum absolute atomic E-state index is 0.304. The van der Waals surface area contributed by atoms with E-state index < -0.39 is 17.8 Å². The number of nitrogens with zero attached hydrogens (tertiary/aromatic N) is 1. The molecule has 1 aromatic carbocycles. The molecule has 0 aliphatic heterocycles. The summed E-state index contributed by atoms with van der Waals surface area (Å²) in [5, 5.41) is 9.97. The Balaban J connectivity index is 2.69. The van der Waals surface area contributed by atoms with Crippen molar-refractivity contribution in [1.29, 1.82) is 0 Å². The molecule has 0 fully saturated rings. The van der Waals surface area contributed by atoms with Gasteiger partial charge in [0.2, 0.25) is 0 Å². The number of aliphatic hydroxyl groups is 1. The number of halogens is 3. The highest BCUT2D eigenvalue weighted by Gasteiger charge is 2.30. The molecule has 0 saturated carbocycles. The van der Waals surface area contributed by atoms with Crippen LogP contribution in [0.1, 0.15) is 37.0 Å². The second-order valence-electron chi connectivity index (χ2n) is 4.75. The highest BCUT2D eigenvalue weighted by Crippen LogP contribution is 2.30. The highest BCUT2D eigenvalue weighted by atomic mass is 19.4. The van der Waals surface area contributed by atoms with Gasteiger partial charge in [0.1, 0.15) is 0 Å².